The van der Waals surface area contributed by atoms with Gasteiger partial charge in [0.1, 0.15) is 5.82 Å². The molecule has 1 aliphatic carbocycles. The smallest absolute Gasteiger partial charge is 0.165 e. The summed E-state index contributed by atoms with van der Waals surface area (Å²) in [5.74, 6) is 0.515. The quantitative estimate of drug-likeness (QED) is 0.673. The van der Waals surface area contributed by atoms with Crippen LogP contribution in [0.25, 0.3) is 0 Å². The van der Waals surface area contributed by atoms with Gasteiger partial charge in [-0.3, -0.25) is 4.79 Å². The molecule has 2 heteroatoms. The average molecular weight is 192 g/mol. The van der Waals surface area contributed by atoms with Crippen LogP contribution >= 0.6 is 0 Å². The van der Waals surface area contributed by atoms with Gasteiger partial charge in [-0.2, -0.15) is 0 Å². The zero-order valence-electron chi connectivity index (χ0n) is 8.16. The van der Waals surface area contributed by atoms with Crippen LogP contribution in [0.1, 0.15) is 30.1 Å². The van der Waals surface area contributed by atoms with Crippen molar-refractivity contribution >= 4 is 5.78 Å². The van der Waals surface area contributed by atoms with Crippen LogP contribution in [-0.4, -0.2) is 5.78 Å². The Morgan fingerprint density at radius 3 is 2.43 bits per heavy atom. The van der Waals surface area contributed by atoms with Crippen LogP contribution in [0.2, 0.25) is 0 Å². The minimum atomic E-state index is -0.291. The maximum absolute atomic E-state index is 12.6. The van der Waals surface area contributed by atoms with Crippen molar-refractivity contribution in [3.63, 3.8) is 0 Å². The molecular weight excluding hydrogens is 179 g/mol. The molecule has 1 aromatic carbocycles. The van der Waals surface area contributed by atoms with Crippen LogP contribution < -0.4 is 0 Å². The lowest BCUT2D eigenvalue weighted by atomic mass is 9.95. The number of benzene rings is 1. The predicted octanol–water partition coefficient (Wildman–Crippen LogP) is 3.05. The molecule has 0 aromatic heterocycles. The van der Waals surface area contributed by atoms with Crippen LogP contribution in [0.3, 0.4) is 0 Å². The molecule has 1 saturated carbocycles. The standard InChI is InChI=1S/C12H13FO/c1-8(9-2-3-9)12(14)10-4-6-11(13)7-5-10/h4-9H,2-3H2,1H3. The van der Waals surface area contributed by atoms with E-state index in [0.29, 0.717) is 11.5 Å². The monoisotopic (exact) mass is 192 g/mol. The summed E-state index contributed by atoms with van der Waals surface area (Å²) in [5, 5.41) is 0. The van der Waals surface area contributed by atoms with Crippen LogP contribution in [0, 0.1) is 17.7 Å². The summed E-state index contributed by atoms with van der Waals surface area (Å²) >= 11 is 0. The van der Waals surface area contributed by atoms with Crippen molar-refractivity contribution in [1.29, 1.82) is 0 Å². The van der Waals surface area contributed by atoms with Crippen LogP contribution in [0.5, 0.6) is 0 Å². The van der Waals surface area contributed by atoms with E-state index in [1.165, 1.54) is 12.1 Å². The molecule has 2 rings (SSSR count). The lowest BCUT2D eigenvalue weighted by molar-refractivity contribution is 0.0916. The summed E-state index contributed by atoms with van der Waals surface area (Å²) in [6.45, 7) is 1.96. The van der Waals surface area contributed by atoms with Crippen molar-refractivity contribution < 1.29 is 9.18 Å². The maximum Gasteiger partial charge on any atom is 0.165 e. The van der Waals surface area contributed by atoms with E-state index in [-0.39, 0.29) is 17.5 Å². The Morgan fingerprint density at radius 2 is 1.93 bits per heavy atom. The Morgan fingerprint density at radius 1 is 1.36 bits per heavy atom. The molecule has 0 radical (unpaired) electrons. The van der Waals surface area contributed by atoms with Crippen LogP contribution in [-0.2, 0) is 0 Å². The van der Waals surface area contributed by atoms with Crippen molar-refractivity contribution in [3.8, 4) is 0 Å². The number of ketones is 1. The van der Waals surface area contributed by atoms with Crippen molar-refractivity contribution in [3.05, 3.63) is 35.6 Å². The van der Waals surface area contributed by atoms with Gasteiger partial charge < -0.3 is 0 Å². The van der Waals surface area contributed by atoms with Gasteiger partial charge in [0.2, 0.25) is 0 Å². The van der Waals surface area contributed by atoms with Crippen LogP contribution in [0.4, 0.5) is 4.39 Å². The van der Waals surface area contributed by atoms with E-state index in [2.05, 4.69) is 0 Å². The lowest BCUT2D eigenvalue weighted by Gasteiger charge is -2.08. The Kier molecular flexibility index (Phi) is 2.36. The van der Waals surface area contributed by atoms with Crippen molar-refractivity contribution in [2.45, 2.75) is 19.8 Å². The third kappa shape index (κ3) is 1.84. The van der Waals surface area contributed by atoms with Gasteiger partial charge in [-0.15, -0.1) is 0 Å². The fourth-order valence-corrected chi connectivity index (χ4v) is 1.69. The number of carbonyl (C=O) groups is 1. The van der Waals surface area contributed by atoms with Gasteiger partial charge in [-0.1, -0.05) is 6.92 Å². The molecule has 0 heterocycles. The Hall–Kier alpha value is -1.18. The summed E-state index contributed by atoms with van der Waals surface area (Å²) in [6, 6.07) is 5.81. The molecule has 0 bridgehead atoms. The molecule has 1 aromatic rings. The second-order valence-electron chi connectivity index (χ2n) is 4.00. The van der Waals surface area contributed by atoms with E-state index >= 15 is 0 Å². The first kappa shape index (κ1) is 9.38. The van der Waals surface area contributed by atoms with E-state index in [1.54, 1.807) is 12.1 Å². The Bertz CT molecular complexity index is 338. The Balaban J connectivity index is 2.13. The highest BCUT2D eigenvalue weighted by Crippen LogP contribution is 2.38. The zero-order chi connectivity index (χ0) is 10.1. The van der Waals surface area contributed by atoms with Gasteiger partial charge in [0, 0.05) is 11.5 Å². The molecule has 1 fully saturated rings. The molecule has 0 N–H and O–H groups in total. The molecule has 0 spiro atoms. The van der Waals surface area contributed by atoms with Gasteiger partial charge in [0.05, 0.1) is 0 Å². The maximum atomic E-state index is 12.6. The zero-order valence-corrected chi connectivity index (χ0v) is 8.16. The topological polar surface area (TPSA) is 17.1 Å². The molecule has 1 unspecified atom stereocenters. The molecule has 1 atom stereocenters. The number of hydrogen-bond donors (Lipinski definition) is 0. The Labute approximate surface area is 82.9 Å². The minimum absolute atomic E-state index is 0.0976. The van der Waals surface area contributed by atoms with Gasteiger partial charge in [-0.25, -0.2) is 4.39 Å². The number of Topliss-reactive ketones (excluding diaryl/α,β-unsaturated/α-hetero) is 1. The molecule has 1 nitrogen and oxygen atoms in total. The summed E-state index contributed by atoms with van der Waals surface area (Å²) in [5.41, 5.74) is 0.630. The van der Waals surface area contributed by atoms with Gasteiger partial charge >= 0.3 is 0 Å². The third-order valence-corrected chi connectivity index (χ3v) is 2.87. The van der Waals surface area contributed by atoms with E-state index in [4.69, 9.17) is 0 Å². The largest absolute Gasteiger partial charge is 0.294 e. The molecular formula is C12H13FO. The average Bonchev–Trinajstić information content (AvgIpc) is 3.00. The van der Waals surface area contributed by atoms with Gasteiger partial charge in [-0.05, 0) is 43.0 Å². The summed E-state index contributed by atoms with van der Waals surface area (Å²) in [6.07, 6.45) is 2.32. The molecule has 14 heavy (non-hydrogen) atoms. The minimum Gasteiger partial charge on any atom is -0.294 e. The van der Waals surface area contributed by atoms with Gasteiger partial charge in [0.15, 0.2) is 5.78 Å². The van der Waals surface area contributed by atoms with E-state index in [9.17, 15) is 9.18 Å². The van der Waals surface area contributed by atoms with Crippen molar-refractivity contribution in [2.75, 3.05) is 0 Å². The predicted molar refractivity (Wildman–Crippen MR) is 52.6 cm³/mol. The normalized spacial score (nSPS) is 17.9. The van der Waals surface area contributed by atoms with E-state index < -0.39 is 0 Å². The highest BCUT2D eigenvalue weighted by Gasteiger charge is 2.32. The number of hydrogen-bond acceptors (Lipinski definition) is 1. The summed E-state index contributed by atoms with van der Waals surface area (Å²) in [7, 11) is 0. The second kappa shape index (κ2) is 3.52. The number of carbonyl (C=O) groups excluding carboxylic acids is 1. The molecule has 1 aliphatic rings. The first-order valence-electron chi connectivity index (χ1n) is 4.98. The molecule has 74 valence electrons. The van der Waals surface area contributed by atoms with Crippen molar-refractivity contribution in [2.24, 2.45) is 11.8 Å². The summed E-state index contributed by atoms with van der Waals surface area (Å²) in [4.78, 5) is 11.8. The number of rotatable bonds is 3. The molecule has 0 amide bonds. The highest BCUT2D eigenvalue weighted by molar-refractivity contribution is 5.97. The first-order chi connectivity index (χ1) is 6.68. The summed E-state index contributed by atoms with van der Waals surface area (Å²) < 4.78 is 12.6. The van der Waals surface area contributed by atoms with Gasteiger partial charge in [0.25, 0.3) is 0 Å². The van der Waals surface area contributed by atoms with Crippen molar-refractivity contribution in [1.82, 2.24) is 0 Å². The van der Waals surface area contributed by atoms with E-state index in [0.717, 1.165) is 12.8 Å². The highest BCUT2D eigenvalue weighted by atomic mass is 19.1. The third-order valence-electron chi connectivity index (χ3n) is 2.87. The second-order valence-corrected chi connectivity index (χ2v) is 4.00. The fourth-order valence-electron chi connectivity index (χ4n) is 1.69. The SMILES string of the molecule is CC(C(=O)c1ccc(F)cc1)C1CC1. The number of halogens is 1. The first-order valence-corrected chi connectivity index (χ1v) is 4.98. The van der Waals surface area contributed by atoms with E-state index in [1.807, 2.05) is 6.92 Å². The van der Waals surface area contributed by atoms with Crippen LogP contribution in [0.15, 0.2) is 24.3 Å². The fraction of sp³-hybridized carbons (Fsp3) is 0.417. The molecule has 0 aliphatic heterocycles. The molecule has 0 saturated heterocycles. The lowest BCUT2D eigenvalue weighted by Crippen LogP contribution is -2.13.